The van der Waals surface area contributed by atoms with Gasteiger partial charge in [-0.2, -0.15) is 0 Å². The molecule has 1 aromatic carbocycles. The van der Waals surface area contributed by atoms with Gasteiger partial charge in [-0.15, -0.1) is 0 Å². The van der Waals surface area contributed by atoms with Crippen molar-refractivity contribution in [3.63, 3.8) is 0 Å². The molecular weight excluding hydrogens is 260 g/mol. The van der Waals surface area contributed by atoms with E-state index in [1.807, 2.05) is 30.3 Å². The summed E-state index contributed by atoms with van der Waals surface area (Å²) in [5.74, 6) is 0.343. The van der Waals surface area contributed by atoms with Crippen molar-refractivity contribution in [2.45, 2.75) is 38.1 Å². The predicted octanol–water partition coefficient (Wildman–Crippen LogP) is 2.36. The molecule has 114 valence electrons. The molecule has 0 aromatic heterocycles. The molecule has 0 unspecified atom stereocenters. The second-order valence-electron chi connectivity index (χ2n) is 6.45. The van der Waals surface area contributed by atoms with Crippen molar-refractivity contribution >= 4 is 5.78 Å². The SMILES string of the molecule is O=C(Cc1ccccc1)CN1CCN(C2CCCC2)CC1. The highest BCUT2D eigenvalue weighted by Crippen LogP contribution is 2.24. The van der Waals surface area contributed by atoms with Gasteiger partial charge in [-0.05, 0) is 18.4 Å². The molecule has 1 heterocycles. The fraction of sp³-hybridized carbons (Fsp3) is 0.611. The van der Waals surface area contributed by atoms with Crippen molar-refractivity contribution in [2.75, 3.05) is 32.7 Å². The molecule has 0 atom stereocenters. The lowest BCUT2D eigenvalue weighted by molar-refractivity contribution is -0.120. The molecule has 3 rings (SSSR count). The number of ketones is 1. The van der Waals surface area contributed by atoms with Crippen LogP contribution in [0, 0.1) is 0 Å². The first-order chi connectivity index (χ1) is 10.3. The second kappa shape index (κ2) is 7.19. The van der Waals surface area contributed by atoms with Crippen LogP contribution in [-0.2, 0) is 11.2 Å². The molecule has 1 aliphatic heterocycles. The van der Waals surface area contributed by atoms with Crippen LogP contribution in [0.5, 0.6) is 0 Å². The Bertz CT molecular complexity index is 446. The summed E-state index contributed by atoms with van der Waals surface area (Å²) in [4.78, 5) is 17.1. The molecule has 0 amide bonds. The van der Waals surface area contributed by atoms with Crippen LogP contribution in [0.25, 0.3) is 0 Å². The Morgan fingerprint density at radius 2 is 1.67 bits per heavy atom. The topological polar surface area (TPSA) is 23.6 Å². The van der Waals surface area contributed by atoms with Crippen LogP contribution in [0.2, 0.25) is 0 Å². The van der Waals surface area contributed by atoms with E-state index in [9.17, 15) is 4.79 Å². The Morgan fingerprint density at radius 1 is 1.00 bits per heavy atom. The Hall–Kier alpha value is -1.19. The molecule has 3 heteroatoms. The van der Waals surface area contributed by atoms with E-state index in [0.29, 0.717) is 18.7 Å². The van der Waals surface area contributed by atoms with Gasteiger partial charge in [0.25, 0.3) is 0 Å². The van der Waals surface area contributed by atoms with Crippen molar-refractivity contribution in [1.29, 1.82) is 0 Å². The van der Waals surface area contributed by atoms with Crippen molar-refractivity contribution in [3.8, 4) is 0 Å². The predicted molar refractivity (Wildman–Crippen MR) is 85.4 cm³/mol. The third kappa shape index (κ3) is 4.14. The lowest BCUT2D eigenvalue weighted by Crippen LogP contribution is -2.50. The van der Waals surface area contributed by atoms with Crippen LogP contribution in [0.4, 0.5) is 0 Å². The van der Waals surface area contributed by atoms with Crippen molar-refractivity contribution < 1.29 is 4.79 Å². The van der Waals surface area contributed by atoms with E-state index in [0.717, 1.165) is 37.8 Å². The van der Waals surface area contributed by atoms with Gasteiger partial charge in [0.15, 0.2) is 5.78 Å². The lowest BCUT2D eigenvalue weighted by atomic mass is 10.1. The summed E-state index contributed by atoms with van der Waals surface area (Å²) < 4.78 is 0. The average molecular weight is 286 g/mol. The number of Topliss-reactive ketones (excluding diaryl/α,β-unsaturated/α-hetero) is 1. The number of benzene rings is 1. The minimum absolute atomic E-state index is 0.343. The molecule has 0 radical (unpaired) electrons. The molecule has 3 nitrogen and oxygen atoms in total. The first kappa shape index (κ1) is 14.7. The third-order valence-corrected chi connectivity index (χ3v) is 4.89. The number of piperazine rings is 1. The summed E-state index contributed by atoms with van der Waals surface area (Å²) in [6.07, 6.45) is 6.14. The Balaban J connectivity index is 1.41. The van der Waals surface area contributed by atoms with E-state index < -0.39 is 0 Å². The quantitative estimate of drug-likeness (QED) is 0.830. The fourth-order valence-electron chi connectivity index (χ4n) is 3.68. The van der Waals surface area contributed by atoms with Crippen LogP contribution in [0.1, 0.15) is 31.2 Å². The highest BCUT2D eigenvalue weighted by molar-refractivity contribution is 5.82. The van der Waals surface area contributed by atoms with Crippen molar-refractivity contribution in [1.82, 2.24) is 9.80 Å². The van der Waals surface area contributed by atoms with Gasteiger partial charge in [0.2, 0.25) is 0 Å². The molecule has 0 N–H and O–H groups in total. The minimum atomic E-state index is 0.343. The van der Waals surface area contributed by atoms with E-state index >= 15 is 0 Å². The van der Waals surface area contributed by atoms with E-state index in [2.05, 4.69) is 9.80 Å². The summed E-state index contributed by atoms with van der Waals surface area (Å²) in [6.45, 7) is 5.01. The van der Waals surface area contributed by atoms with Gasteiger partial charge < -0.3 is 0 Å². The third-order valence-electron chi connectivity index (χ3n) is 4.89. The van der Waals surface area contributed by atoms with Crippen LogP contribution in [-0.4, -0.2) is 54.3 Å². The van der Waals surface area contributed by atoms with Gasteiger partial charge >= 0.3 is 0 Å². The van der Waals surface area contributed by atoms with E-state index in [4.69, 9.17) is 0 Å². The molecule has 1 aliphatic carbocycles. The van der Waals surface area contributed by atoms with Crippen LogP contribution >= 0.6 is 0 Å². The Labute approximate surface area is 127 Å². The number of rotatable bonds is 5. The van der Waals surface area contributed by atoms with Crippen LogP contribution in [0.15, 0.2) is 30.3 Å². The summed E-state index contributed by atoms with van der Waals surface area (Å²) in [5, 5.41) is 0. The van der Waals surface area contributed by atoms with Crippen molar-refractivity contribution in [3.05, 3.63) is 35.9 Å². The number of carbonyl (C=O) groups is 1. The smallest absolute Gasteiger partial charge is 0.151 e. The Morgan fingerprint density at radius 3 is 2.33 bits per heavy atom. The minimum Gasteiger partial charge on any atom is -0.298 e. The maximum Gasteiger partial charge on any atom is 0.151 e. The monoisotopic (exact) mass is 286 g/mol. The van der Waals surface area contributed by atoms with Gasteiger partial charge in [-0.1, -0.05) is 43.2 Å². The maximum absolute atomic E-state index is 12.2. The van der Waals surface area contributed by atoms with Gasteiger partial charge in [-0.25, -0.2) is 0 Å². The lowest BCUT2D eigenvalue weighted by Gasteiger charge is -2.37. The molecular formula is C18H26N2O. The molecule has 2 aliphatic rings. The van der Waals surface area contributed by atoms with E-state index in [-0.39, 0.29) is 0 Å². The molecule has 1 saturated carbocycles. The maximum atomic E-state index is 12.2. The average Bonchev–Trinajstić information content (AvgIpc) is 3.03. The number of carbonyl (C=O) groups excluding carboxylic acids is 1. The normalized spacial score (nSPS) is 21.7. The van der Waals surface area contributed by atoms with E-state index in [1.54, 1.807) is 0 Å². The number of hydrogen-bond donors (Lipinski definition) is 0. The molecule has 1 aromatic rings. The fourth-order valence-corrected chi connectivity index (χ4v) is 3.68. The molecule has 1 saturated heterocycles. The Kier molecular flexibility index (Phi) is 5.04. The summed E-state index contributed by atoms with van der Waals surface area (Å²) in [6, 6.07) is 10.9. The molecule has 0 spiro atoms. The zero-order valence-corrected chi connectivity index (χ0v) is 12.8. The largest absolute Gasteiger partial charge is 0.298 e. The number of hydrogen-bond acceptors (Lipinski definition) is 3. The highest BCUT2D eigenvalue weighted by atomic mass is 16.1. The molecule has 2 fully saturated rings. The standard InChI is InChI=1S/C18H26N2O/c21-18(14-16-6-2-1-3-7-16)15-19-10-12-20(13-11-19)17-8-4-5-9-17/h1-3,6-7,17H,4-5,8-15H2. The first-order valence-corrected chi connectivity index (χ1v) is 8.33. The van der Waals surface area contributed by atoms with Gasteiger partial charge in [-0.3, -0.25) is 14.6 Å². The second-order valence-corrected chi connectivity index (χ2v) is 6.45. The number of nitrogens with zero attached hydrogens (tertiary/aromatic N) is 2. The highest BCUT2D eigenvalue weighted by Gasteiger charge is 2.26. The summed E-state index contributed by atoms with van der Waals surface area (Å²) in [7, 11) is 0. The van der Waals surface area contributed by atoms with Crippen molar-refractivity contribution in [2.24, 2.45) is 0 Å². The summed E-state index contributed by atoms with van der Waals surface area (Å²) >= 11 is 0. The zero-order chi connectivity index (χ0) is 14.5. The zero-order valence-electron chi connectivity index (χ0n) is 12.8. The van der Waals surface area contributed by atoms with Gasteiger partial charge in [0.1, 0.15) is 0 Å². The van der Waals surface area contributed by atoms with E-state index in [1.165, 1.54) is 25.7 Å². The van der Waals surface area contributed by atoms with Gasteiger partial charge in [0, 0.05) is 38.6 Å². The molecule has 21 heavy (non-hydrogen) atoms. The first-order valence-electron chi connectivity index (χ1n) is 8.33. The summed E-state index contributed by atoms with van der Waals surface area (Å²) in [5.41, 5.74) is 1.13. The van der Waals surface area contributed by atoms with Gasteiger partial charge in [0.05, 0.1) is 6.54 Å². The van der Waals surface area contributed by atoms with Crippen LogP contribution < -0.4 is 0 Å². The van der Waals surface area contributed by atoms with Crippen LogP contribution in [0.3, 0.4) is 0 Å². The molecule has 0 bridgehead atoms.